The Hall–Kier alpha value is -2.76. The minimum Gasteiger partial charge on any atom is -0.504 e. The first-order valence-corrected chi connectivity index (χ1v) is 9.00. The Morgan fingerprint density at radius 2 is 1.93 bits per heavy atom. The number of halogens is 1. The number of benzene rings is 2. The van der Waals surface area contributed by atoms with Gasteiger partial charge in [0.2, 0.25) is 0 Å². The number of aromatic hydroxyl groups is 1. The summed E-state index contributed by atoms with van der Waals surface area (Å²) in [5.41, 5.74) is 1.31. The molecule has 0 aliphatic carbocycles. The first-order chi connectivity index (χ1) is 12.9. The Balaban J connectivity index is 2.10. The van der Waals surface area contributed by atoms with Crippen molar-refractivity contribution in [1.29, 1.82) is 0 Å². The van der Waals surface area contributed by atoms with Gasteiger partial charge in [-0.25, -0.2) is 9.38 Å². The van der Waals surface area contributed by atoms with Crippen molar-refractivity contribution in [3.63, 3.8) is 0 Å². The lowest BCUT2D eigenvalue weighted by atomic mass is 9.84. The zero-order chi connectivity index (χ0) is 19.9. The van der Waals surface area contributed by atoms with Crippen LogP contribution in [0.3, 0.4) is 0 Å². The molecule has 0 unspecified atom stereocenters. The lowest BCUT2D eigenvalue weighted by Gasteiger charge is -2.27. The summed E-state index contributed by atoms with van der Waals surface area (Å²) in [5, 5.41) is 16.7. The van der Waals surface area contributed by atoms with Crippen LogP contribution in [0.15, 0.2) is 47.5 Å². The van der Waals surface area contributed by atoms with Crippen LogP contribution in [-0.4, -0.2) is 31.3 Å². The van der Waals surface area contributed by atoms with Gasteiger partial charge in [-0.1, -0.05) is 38.1 Å². The molecule has 0 radical (unpaired) electrons. The van der Waals surface area contributed by atoms with Gasteiger partial charge in [0, 0.05) is 24.1 Å². The molecule has 2 aromatic rings. The molecule has 27 heavy (non-hydrogen) atoms. The van der Waals surface area contributed by atoms with E-state index in [1.807, 2.05) is 39.0 Å². The summed E-state index contributed by atoms with van der Waals surface area (Å²) in [5.74, 6) is 0.909. The lowest BCUT2D eigenvalue weighted by Crippen LogP contribution is -2.43. The fraction of sp³-hybridized carbons (Fsp3) is 0.381. The summed E-state index contributed by atoms with van der Waals surface area (Å²) < 4.78 is 18.7. The first-order valence-electron chi connectivity index (χ1n) is 9.00. The van der Waals surface area contributed by atoms with Crippen LogP contribution in [0.4, 0.5) is 4.39 Å². The number of phenolic OH excluding ortho intramolecular Hbond substituents is 1. The van der Waals surface area contributed by atoms with E-state index in [0.29, 0.717) is 36.9 Å². The highest BCUT2D eigenvalue weighted by Crippen LogP contribution is 2.29. The van der Waals surface area contributed by atoms with Gasteiger partial charge in [0.25, 0.3) is 0 Å². The van der Waals surface area contributed by atoms with E-state index in [9.17, 15) is 9.50 Å². The third-order valence-corrected chi connectivity index (χ3v) is 4.36. The summed E-state index contributed by atoms with van der Waals surface area (Å²) in [4.78, 5) is 4.54. The minimum atomic E-state index is -0.281. The van der Waals surface area contributed by atoms with Gasteiger partial charge in [0.05, 0.1) is 13.7 Å². The number of para-hydroxylation sites is 1. The molecule has 0 aliphatic rings. The van der Waals surface area contributed by atoms with Crippen molar-refractivity contribution in [2.24, 2.45) is 4.99 Å². The van der Waals surface area contributed by atoms with Gasteiger partial charge in [-0.3, -0.25) is 0 Å². The van der Waals surface area contributed by atoms with Gasteiger partial charge in [-0.05, 0) is 30.7 Å². The second-order valence-electron chi connectivity index (χ2n) is 6.91. The van der Waals surface area contributed by atoms with Crippen molar-refractivity contribution in [1.82, 2.24) is 10.6 Å². The molecule has 0 heterocycles. The quantitative estimate of drug-likeness (QED) is 0.513. The van der Waals surface area contributed by atoms with Crippen LogP contribution < -0.4 is 15.4 Å². The van der Waals surface area contributed by atoms with Crippen LogP contribution in [0.2, 0.25) is 0 Å². The van der Waals surface area contributed by atoms with Crippen LogP contribution in [0.5, 0.6) is 11.5 Å². The number of phenols is 1. The summed E-state index contributed by atoms with van der Waals surface area (Å²) in [6, 6.07) is 12.0. The van der Waals surface area contributed by atoms with Crippen LogP contribution >= 0.6 is 0 Å². The molecule has 6 heteroatoms. The van der Waals surface area contributed by atoms with Crippen molar-refractivity contribution in [3.8, 4) is 11.5 Å². The van der Waals surface area contributed by atoms with E-state index in [1.165, 1.54) is 13.2 Å². The molecular formula is C21H28FN3O2. The largest absolute Gasteiger partial charge is 0.504 e. The summed E-state index contributed by atoms with van der Waals surface area (Å²) in [7, 11) is 1.52. The molecular weight excluding hydrogens is 345 g/mol. The third kappa shape index (κ3) is 5.61. The molecule has 0 atom stereocenters. The van der Waals surface area contributed by atoms with Gasteiger partial charge in [0.1, 0.15) is 5.82 Å². The van der Waals surface area contributed by atoms with Gasteiger partial charge in [-0.15, -0.1) is 0 Å². The van der Waals surface area contributed by atoms with Crippen molar-refractivity contribution < 1.29 is 14.2 Å². The number of nitrogens with one attached hydrogen (secondary N) is 2. The number of methoxy groups -OCH3 is 1. The van der Waals surface area contributed by atoms with Crippen molar-refractivity contribution in [2.75, 3.05) is 20.2 Å². The SMILES string of the molecule is CCNC(=NCc1cccc(OC)c1O)NCC(C)(C)c1cccc(F)c1. The number of ether oxygens (including phenoxy) is 1. The number of aliphatic imine (C=N–C) groups is 1. The highest BCUT2D eigenvalue weighted by molar-refractivity contribution is 5.80. The van der Waals surface area contributed by atoms with Gasteiger partial charge >= 0.3 is 0 Å². The van der Waals surface area contributed by atoms with E-state index >= 15 is 0 Å². The maximum atomic E-state index is 13.5. The van der Waals surface area contributed by atoms with Crippen LogP contribution in [0.1, 0.15) is 31.9 Å². The number of nitrogens with zero attached hydrogens (tertiary/aromatic N) is 1. The van der Waals surface area contributed by atoms with Crippen molar-refractivity contribution in [2.45, 2.75) is 32.7 Å². The highest BCUT2D eigenvalue weighted by Gasteiger charge is 2.21. The minimum absolute atomic E-state index is 0.0969. The number of hydrogen-bond donors (Lipinski definition) is 3. The second-order valence-corrected chi connectivity index (χ2v) is 6.91. The fourth-order valence-electron chi connectivity index (χ4n) is 2.68. The molecule has 0 amide bonds. The average Bonchev–Trinajstić information content (AvgIpc) is 2.65. The Morgan fingerprint density at radius 1 is 1.19 bits per heavy atom. The molecule has 2 rings (SSSR count). The van der Waals surface area contributed by atoms with Crippen molar-refractivity contribution in [3.05, 3.63) is 59.4 Å². The fourth-order valence-corrected chi connectivity index (χ4v) is 2.68. The first kappa shape index (κ1) is 20.6. The van der Waals surface area contributed by atoms with E-state index in [0.717, 1.165) is 5.56 Å². The summed E-state index contributed by atoms with van der Waals surface area (Å²) in [6.45, 7) is 7.66. The highest BCUT2D eigenvalue weighted by atomic mass is 19.1. The monoisotopic (exact) mass is 373 g/mol. The Labute approximate surface area is 160 Å². The smallest absolute Gasteiger partial charge is 0.191 e. The molecule has 0 fully saturated rings. The average molecular weight is 373 g/mol. The predicted octanol–water partition coefficient (Wildman–Crippen LogP) is 3.57. The maximum Gasteiger partial charge on any atom is 0.191 e. The number of guanidine groups is 1. The van der Waals surface area contributed by atoms with Crippen LogP contribution in [0.25, 0.3) is 0 Å². The molecule has 0 aliphatic heterocycles. The van der Waals surface area contributed by atoms with E-state index in [-0.39, 0.29) is 17.0 Å². The zero-order valence-electron chi connectivity index (χ0n) is 16.3. The standard InChI is InChI=1S/C21H28FN3O2/c1-5-23-20(24-13-15-8-6-11-18(27-4)19(15)26)25-14-21(2,3)16-9-7-10-17(22)12-16/h6-12,26H,5,13-14H2,1-4H3,(H2,23,24,25). The molecule has 0 spiro atoms. The van der Waals surface area contributed by atoms with Gasteiger partial charge in [0.15, 0.2) is 17.5 Å². The van der Waals surface area contributed by atoms with Crippen LogP contribution in [-0.2, 0) is 12.0 Å². The predicted molar refractivity (Wildman–Crippen MR) is 107 cm³/mol. The third-order valence-electron chi connectivity index (χ3n) is 4.36. The number of hydrogen-bond acceptors (Lipinski definition) is 3. The lowest BCUT2D eigenvalue weighted by molar-refractivity contribution is 0.370. The zero-order valence-corrected chi connectivity index (χ0v) is 16.3. The molecule has 0 saturated carbocycles. The Bertz CT molecular complexity index is 791. The Morgan fingerprint density at radius 3 is 2.59 bits per heavy atom. The molecule has 0 saturated heterocycles. The topological polar surface area (TPSA) is 65.9 Å². The second kappa shape index (κ2) is 9.26. The van der Waals surface area contributed by atoms with E-state index in [2.05, 4.69) is 15.6 Å². The van der Waals surface area contributed by atoms with E-state index in [4.69, 9.17) is 4.74 Å². The summed E-state index contributed by atoms with van der Waals surface area (Å²) >= 11 is 0. The van der Waals surface area contributed by atoms with Gasteiger partial charge in [-0.2, -0.15) is 0 Å². The molecule has 3 N–H and O–H groups in total. The van der Waals surface area contributed by atoms with Crippen LogP contribution in [0, 0.1) is 5.82 Å². The number of rotatable bonds is 7. The normalized spacial score (nSPS) is 12.0. The molecule has 146 valence electrons. The molecule has 0 bridgehead atoms. The molecule has 0 aromatic heterocycles. The van der Waals surface area contributed by atoms with Gasteiger partial charge < -0.3 is 20.5 Å². The van der Waals surface area contributed by atoms with E-state index in [1.54, 1.807) is 18.2 Å². The molecule has 5 nitrogen and oxygen atoms in total. The summed E-state index contributed by atoms with van der Waals surface area (Å²) in [6.07, 6.45) is 0. The van der Waals surface area contributed by atoms with E-state index < -0.39 is 0 Å². The maximum absolute atomic E-state index is 13.5. The van der Waals surface area contributed by atoms with Crippen molar-refractivity contribution >= 4 is 5.96 Å². The molecule has 2 aromatic carbocycles. The Kier molecular flexibility index (Phi) is 7.05.